The minimum Gasteiger partial charge on any atom is -0.381 e. The normalized spacial score (nSPS) is 42.3. The summed E-state index contributed by atoms with van der Waals surface area (Å²) in [4.78, 5) is 14.0. The first-order valence-corrected chi connectivity index (χ1v) is 5.94. The lowest BCUT2D eigenvalue weighted by Gasteiger charge is -2.33. The molecular formula is C12H21NO2. The Morgan fingerprint density at radius 1 is 1.40 bits per heavy atom. The first-order chi connectivity index (χ1) is 7.11. The van der Waals surface area contributed by atoms with Gasteiger partial charge in [-0.15, -0.1) is 0 Å². The summed E-state index contributed by atoms with van der Waals surface area (Å²) in [6, 6.07) is 0. The average Bonchev–Trinajstić information content (AvgIpc) is 2.33. The zero-order chi connectivity index (χ0) is 11.0. The average molecular weight is 211 g/mol. The summed E-state index contributed by atoms with van der Waals surface area (Å²) in [6.07, 6.45) is 1.05. The van der Waals surface area contributed by atoms with Crippen LogP contribution >= 0.6 is 0 Å². The third kappa shape index (κ3) is 1.89. The monoisotopic (exact) mass is 211 g/mol. The number of likely N-dealkylation sites (tertiary alicyclic amines) is 1. The van der Waals surface area contributed by atoms with E-state index in [0.717, 1.165) is 19.6 Å². The van der Waals surface area contributed by atoms with Crippen molar-refractivity contribution in [1.29, 1.82) is 0 Å². The summed E-state index contributed by atoms with van der Waals surface area (Å²) < 4.78 is 5.45. The van der Waals surface area contributed by atoms with E-state index in [1.165, 1.54) is 0 Å². The molecule has 2 rings (SSSR count). The van der Waals surface area contributed by atoms with Crippen molar-refractivity contribution in [3.63, 3.8) is 0 Å². The maximum absolute atomic E-state index is 12.1. The van der Waals surface area contributed by atoms with E-state index < -0.39 is 0 Å². The van der Waals surface area contributed by atoms with Gasteiger partial charge < -0.3 is 9.64 Å². The second-order valence-corrected chi connectivity index (χ2v) is 5.19. The van der Waals surface area contributed by atoms with Crippen LogP contribution in [0.15, 0.2) is 0 Å². The van der Waals surface area contributed by atoms with Crippen molar-refractivity contribution in [2.75, 3.05) is 26.8 Å². The Hall–Kier alpha value is -0.570. The Kier molecular flexibility index (Phi) is 3.01. The lowest BCUT2D eigenvalue weighted by atomic mass is 9.75. The molecule has 2 saturated heterocycles. The van der Waals surface area contributed by atoms with E-state index in [0.29, 0.717) is 24.4 Å². The Morgan fingerprint density at radius 2 is 2.13 bits per heavy atom. The molecule has 3 heteroatoms. The van der Waals surface area contributed by atoms with Crippen molar-refractivity contribution in [2.45, 2.75) is 20.3 Å². The molecule has 0 aromatic rings. The molecule has 2 heterocycles. The maximum Gasteiger partial charge on any atom is 0.228 e. The highest BCUT2D eigenvalue weighted by atomic mass is 16.5. The lowest BCUT2D eigenvalue weighted by molar-refractivity contribution is -0.140. The van der Waals surface area contributed by atoms with E-state index in [4.69, 9.17) is 4.74 Å². The van der Waals surface area contributed by atoms with E-state index in [2.05, 4.69) is 13.8 Å². The van der Waals surface area contributed by atoms with Crippen molar-refractivity contribution in [1.82, 2.24) is 4.90 Å². The van der Waals surface area contributed by atoms with Gasteiger partial charge in [0.1, 0.15) is 0 Å². The summed E-state index contributed by atoms with van der Waals surface area (Å²) >= 11 is 0. The first-order valence-electron chi connectivity index (χ1n) is 5.94. The second kappa shape index (κ2) is 4.12. The molecule has 2 fully saturated rings. The fourth-order valence-corrected chi connectivity index (χ4v) is 3.03. The van der Waals surface area contributed by atoms with Crippen molar-refractivity contribution in [3.05, 3.63) is 0 Å². The molecule has 4 atom stereocenters. The molecule has 0 saturated carbocycles. The molecule has 0 aromatic heterocycles. The Labute approximate surface area is 91.8 Å². The van der Waals surface area contributed by atoms with Crippen LogP contribution in [0.25, 0.3) is 0 Å². The van der Waals surface area contributed by atoms with Crippen LogP contribution in [-0.2, 0) is 9.53 Å². The number of hydrogen-bond donors (Lipinski definition) is 0. The molecule has 0 N–H and O–H groups in total. The molecule has 3 nitrogen and oxygen atoms in total. The fourth-order valence-electron chi connectivity index (χ4n) is 3.03. The van der Waals surface area contributed by atoms with Gasteiger partial charge in [0, 0.05) is 20.2 Å². The number of nitrogens with zero attached hydrogens (tertiary/aromatic N) is 1. The number of carbonyl (C=O) groups is 1. The van der Waals surface area contributed by atoms with E-state index in [1.807, 2.05) is 11.9 Å². The molecular weight excluding hydrogens is 190 g/mol. The largest absolute Gasteiger partial charge is 0.381 e. The van der Waals surface area contributed by atoms with Crippen molar-refractivity contribution < 1.29 is 9.53 Å². The van der Waals surface area contributed by atoms with Crippen LogP contribution in [0.1, 0.15) is 20.3 Å². The van der Waals surface area contributed by atoms with E-state index in [-0.39, 0.29) is 11.8 Å². The predicted molar refractivity (Wildman–Crippen MR) is 58.4 cm³/mol. The van der Waals surface area contributed by atoms with Crippen LogP contribution in [0.4, 0.5) is 0 Å². The highest BCUT2D eigenvalue weighted by Gasteiger charge is 2.41. The summed E-state index contributed by atoms with van der Waals surface area (Å²) in [5.74, 6) is 2.17. The number of carbonyl (C=O) groups excluding carboxylic acids is 1. The van der Waals surface area contributed by atoms with E-state index in [1.54, 1.807) is 0 Å². The predicted octanol–water partition coefficient (Wildman–Crippen LogP) is 1.38. The van der Waals surface area contributed by atoms with E-state index in [9.17, 15) is 4.79 Å². The molecule has 0 spiro atoms. The smallest absolute Gasteiger partial charge is 0.228 e. The summed E-state index contributed by atoms with van der Waals surface area (Å²) in [7, 11) is 1.92. The van der Waals surface area contributed by atoms with Crippen LogP contribution < -0.4 is 0 Å². The molecule has 2 unspecified atom stereocenters. The SMILES string of the molecule is C[C@@H]1CN(C)C(=O)C2COCCC2[C@@H]1C. The highest BCUT2D eigenvalue weighted by molar-refractivity contribution is 5.79. The van der Waals surface area contributed by atoms with Crippen LogP contribution in [-0.4, -0.2) is 37.6 Å². The molecule has 0 aliphatic carbocycles. The van der Waals surface area contributed by atoms with Gasteiger partial charge >= 0.3 is 0 Å². The van der Waals surface area contributed by atoms with Crippen LogP contribution in [0.3, 0.4) is 0 Å². The van der Waals surface area contributed by atoms with Gasteiger partial charge in [-0.2, -0.15) is 0 Å². The third-order valence-corrected chi connectivity index (χ3v) is 4.24. The molecule has 15 heavy (non-hydrogen) atoms. The number of hydrogen-bond acceptors (Lipinski definition) is 2. The number of fused-ring (bicyclic) bond motifs is 1. The lowest BCUT2D eigenvalue weighted by Crippen LogP contribution is -2.40. The minimum atomic E-state index is 0.115. The number of rotatable bonds is 0. The Morgan fingerprint density at radius 3 is 2.87 bits per heavy atom. The van der Waals surface area contributed by atoms with Gasteiger partial charge in [0.15, 0.2) is 0 Å². The summed E-state index contributed by atoms with van der Waals surface area (Å²) in [5.41, 5.74) is 0. The van der Waals surface area contributed by atoms with Gasteiger partial charge in [-0.25, -0.2) is 0 Å². The second-order valence-electron chi connectivity index (χ2n) is 5.19. The molecule has 1 amide bonds. The van der Waals surface area contributed by atoms with Gasteiger partial charge in [0.2, 0.25) is 5.91 Å². The van der Waals surface area contributed by atoms with Gasteiger partial charge in [0.25, 0.3) is 0 Å². The van der Waals surface area contributed by atoms with Crippen molar-refractivity contribution in [3.8, 4) is 0 Å². The minimum absolute atomic E-state index is 0.115. The van der Waals surface area contributed by atoms with Crippen LogP contribution in [0.2, 0.25) is 0 Å². The summed E-state index contributed by atoms with van der Waals surface area (Å²) in [6.45, 7) is 6.90. The molecule has 0 radical (unpaired) electrons. The highest BCUT2D eigenvalue weighted by Crippen LogP contribution is 2.36. The molecule has 2 aliphatic heterocycles. The molecule has 0 aromatic carbocycles. The fraction of sp³-hybridized carbons (Fsp3) is 0.917. The third-order valence-electron chi connectivity index (χ3n) is 4.24. The van der Waals surface area contributed by atoms with Gasteiger partial charge in [-0.1, -0.05) is 13.8 Å². The Balaban J connectivity index is 2.23. The zero-order valence-corrected chi connectivity index (χ0v) is 9.90. The zero-order valence-electron chi connectivity index (χ0n) is 9.90. The molecule has 86 valence electrons. The standard InChI is InChI=1S/C12H21NO2/c1-8-6-13(3)12(14)11-7-15-5-4-10(11)9(8)2/h8-11H,4-7H2,1-3H3/t8-,9-,10?,11?/m1/s1. The Bertz CT molecular complexity index is 254. The number of ether oxygens (including phenoxy) is 1. The van der Waals surface area contributed by atoms with E-state index >= 15 is 0 Å². The van der Waals surface area contributed by atoms with Crippen LogP contribution in [0, 0.1) is 23.7 Å². The van der Waals surface area contributed by atoms with Gasteiger partial charge in [-0.05, 0) is 24.2 Å². The molecule has 2 aliphatic rings. The topological polar surface area (TPSA) is 29.5 Å². The van der Waals surface area contributed by atoms with Crippen molar-refractivity contribution in [2.24, 2.45) is 23.7 Å². The van der Waals surface area contributed by atoms with Crippen molar-refractivity contribution >= 4 is 5.91 Å². The van der Waals surface area contributed by atoms with Gasteiger partial charge in [0.05, 0.1) is 12.5 Å². The number of amides is 1. The maximum atomic E-state index is 12.1. The first kappa shape index (κ1) is 10.9. The molecule has 0 bridgehead atoms. The quantitative estimate of drug-likeness (QED) is 0.606. The van der Waals surface area contributed by atoms with Crippen LogP contribution in [0.5, 0.6) is 0 Å². The summed E-state index contributed by atoms with van der Waals surface area (Å²) in [5, 5.41) is 0. The van der Waals surface area contributed by atoms with Gasteiger partial charge in [-0.3, -0.25) is 4.79 Å².